The van der Waals surface area contributed by atoms with Gasteiger partial charge in [-0.2, -0.15) is 5.26 Å². The summed E-state index contributed by atoms with van der Waals surface area (Å²) in [5.74, 6) is -0.468. The number of rotatable bonds is 9. The van der Waals surface area contributed by atoms with E-state index in [4.69, 9.17) is 14.7 Å². The van der Waals surface area contributed by atoms with Crippen LogP contribution in [0.25, 0.3) is 0 Å². The van der Waals surface area contributed by atoms with Crippen molar-refractivity contribution in [3.05, 3.63) is 90.0 Å². The van der Waals surface area contributed by atoms with Crippen LogP contribution >= 0.6 is 0 Å². The first-order valence-electron chi connectivity index (χ1n) is 10.1. The highest BCUT2D eigenvalue weighted by Crippen LogP contribution is 2.21. The molecule has 0 unspecified atom stereocenters. The molecule has 0 bridgehead atoms. The number of anilines is 1. The zero-order valence-corrected chi connectivity index (χ0v) is 17.6. The number of carbonyl (C=O) groups excluding carboxylic acids is 3. The van der Waals surface area contributed by atoms with E-state index in [-0.39, 0.29) is 13.0 Å². The molecule has 0 heterocycles. The van der Waals surface area contributed by atoms with Crippen molar-refractivity contribution in [1.82, 2.24) is 5.32 Å². The minimum Gasteiger partial charge on any atom is -0.457 e. The zero-order valence-electron chi connectivity index (χ0n) is 17.6. The average Bonchev–Trinajstić information content (AvgIpc) is 2.84. The van der Waals surface area contributed by atoms with Crippen LogP contribution in [0.2, 0.25) is 0 Å². The molecule has 0 saturated heterocycles. The predicted octanol–water partition coefficient (Wildman–Crippen LogP) is 3.46. The van der Waals surface area contributed by atoms with Crippen LogP contribution in [-0.2, 0) is 20.7 Å². The third-order valence-corrected chi connectivity index (χ3v) is 4.37. The average molecular weight is 443 g/mol. The minimum atomic E-state index is -0.744. The summed E-state index contributed by atoms with van der Waals surface area (Å²) in [6.45, 7) is -0.864. The lowest BCUT2D eigenvalue weighted by Crippen LogP contribution is -2.32. The number of ether oxygens (including phenoxy) is 2. The summed E-state index contributed by atoms with van der Waals surface area (Å²) < 4.78 is 10.5. The second kappa shape index (κ2) is 11.7. The van der Waals surface area contributed by atoms with Crippen molar-refractivity contribution in [2.24, 2.45) is 0 Å². The van der Waals surface area contributed by atoms with E-state index in [1.54, 1.807) is 48.5 Å². The number of benzene rings is 3. The fraction of sp³-hybridized carbons (Fsp3) is 0.120. The van der Waals surface area contributed by atoms with Crippen LogP contribution in [0.15, 0.2) is 78.9 Å². The maximum absolute atomic E-state index is 12.2. The first-order valence-corrected chi connectivity index (χ1v) is 10.1. The number of para-hydroxylation sites is 1. The van der Waals surface area contributed by atoms with Crippen molar-refractivity contribution in [2.45, 2.75) is 6.42 Å². The summed E-state index contributed by atoms with van der Waals surface area (Å²) >= 11 is 0. The van der Waals surface area contributed by atoms with Crippen LogP contribution in [0.1, 0.15) is 15.9 Å². The highest BCUT2D eigenvalue weighted by Gasteiger charge is 2.11. The van der Waals surface area contributed by atoms with Gasteiger partial charge in [-0.3, -0.25) is 14.4 Å². The lowest BCUT2D eigenvalue weighted by Gasteiger charge is -2.09. The number of nitrogens with one attached hydrogen (secondary N) is 2. The predicted molar refractivity (Wildman–Crippen MR) is 121 cm³/mol. The quantitative estimate of drug-likeness (QED) is 0.489. The van der Waals surface area contributed by atoms with Crippen LogP contribution in [-0.4, -0.2) is 30.9 Å². The standard InChI is InChI=1S/C25H21N3O5/c26-15-14-18-6-10-20(11-7-18)28-23(29)17-32-24(30)16-27-25(31)19-8-12-22(13-9-19)33-21-4-2-1-3-5-21/h1-13H,14,16-17H2,(H,27,31)(H,28,29). The molecular formula is C25H21N3O5. The maximum Gasteiger partial charge on any atom is 0.325 e. The molecule has 0 atom stereocenters. The molecule has 0 aliphatic carbocycles. The zero-order chi connectivity index (χ0) is 23.5. The van der Waals surface area contributed by atoms with Crippen molar-refractivity contribution >= 4 is 23.5 Å². The third kappa shape index (κ3) is 7.52. The van der Waals surface area contributed by atoms with Gasteiger partial charge in [-0.1, -0.05) is 30.3 Å². The Hall–Kier alpha value is -4.64. The molecule has 0 aliphatic rings. The Bertz CT molecular complexity index is 1140. The van der Waals surface area contributed by atoms with Gasteiger partial charge in [0.25, 0.3) is 11.8 Å². The van der Waals surface area contributed by atoms with Crippen molar-refractivity contribution in [3.63, 3.8) is 0 Å². The molecule has 2 amide bonds. The molecule has 0 spiro atoms. The highest BCUT2D eigenvalue weighted by molar-refractivity contribution is 5.96. The summed E-state index contributed by atoms with van der Waals surface area (Å²) in [5, 5.41) is 13.7. The number of amides is 2. The largest absolute Gasteiger partial charge is 0.457 e. The second-order valence-corrected chi connectivity index (χ2v) is 6.86. The fourth-order valence-corrected chi connectivity index (χ4v) is 2.74. The Morgan fingerprint density at radius 2 is 1.52 bits per heavy atom. The van der Waals surface area contributed by atoms with E-state index in [2.05, 4.69) is 10.6 Å². The highest BCUT2D eigenvalue weighted by atomic mass is 16.5. The molecule has 166 valence electrons. The van der Waals surface area contributed by atoms with Crippen molar-refractivity contribution in [3.8, 4) is 17.6 Å². The van der Waals surface area contributed by atoms with Gasteiger partial charge < -0.3 is 20.1 Å². The maximum atomic E-state index is 12.2. The van der Waals surface area contributed by atoms with Gasteiger partial charge in [0, 0.05) is 11.3 Å². The third-order valence-electron chi connectivity index (χ3n) is 4.37. The van der Waals surface area contributed by atoms with Gasteiger partial charge in [-0.05, 0) is 54.1 Å². The number of nitriles is 1. The molecule has 3 aromatic carbocycles. The first kappa shape index (κ1) is 23.0. The molecule has 0 aromatic heterocycles. The van der Waals surface area contributed by atoms with Gasteiger partial charge in [0.05, 0.1) is 12.5 Å². The van der Waals surface area contributed by atoms with Crippen LogP contribution in [0.4, 0.5) is 5.69 Å². The number of nitrogens with zero attached hydrogens (tertiary/aromatic N) is 1. The van der Waals surface area contributed by atoms with Gasteiger partial charge in [0.2, 0.25) is 0 Å². The Labute approximate surface area is 190 Å². The number of hydrogen-bond donors (Lipinski definition) is 2. The van der Waals surface area contributed by atoms with E-state index in [1.807, 2.05) is 36.4 Å². The molecule has 8 heteroatoms. The van der Waals surface area contributed by atoms with Crippen molar-refractivity contribution in [1.29, 1.82) is 5.26 Å². The molecule has 0 aliphatic heterocycles. The van der Waals surface area contributed by atoms with Gasteiger partial charge in [-0.15, -0.1) is 0 Å². The number of esters is 1. The topological polar surface area (TPSA) is 118 Å². The summed E-state index contributed by atoms with van der Waals surface area (Å²) in [5.41, 5.74) is 1.70. The lowest BCUT2D eigenvalue weighted by atomic mass is 10.1. The van der Waals surface area contributed by atoms with Gasteiger partial charge >= 0.3 is 5.97 Å². The molecule has 0 saturated carbocycles. The van der Waals surface area contributed by atoms with Crippen LogP contribution in [0.5, 0.6) is 11.5 Å². The van der Waals surface area contributed by atoms with Gasteiger partial charge in [0.15, 0.2) is 6.61 Å². The first-order chi connectivity index (χ1) is 16.0. The fourth-order valence-electron chi connectivity index (χ4n) is 2.74. The van der Waals surface area contributed by atoms with E-state index in [9.17, 15) is 14.4 Å². The molecule has 33 heavy (non-hydrogen) atoms. The summed E-state index contributed by atoms with van der Waals surface area (Å²) in [7, 11) is 0. The number of hydrogen-bond acceptors (Lipinski definition) is 6. The van der Waals surface area contributed by atoms with E-state index in [0.717, 1.165) is 5.56 Å². The van der Waals surface area contributed by atoms with Crippen LogP contribution < -0.4 is 15.4 Å². The Balaban J connectivity index is 1.38. The Morgan fingerprint density at radius 3 is 2.18 bits per heavy atom. The van der Waals surface area contributed by atoms with Crippen molar-refractivity contribution in [2.75, 3.05) is 18.5 Å². The molecule has 2 N–H and O–H groups in total. The van der Waals surface area contributed by atoms with E-state index < -0.39 is 24.4 Å². The van der Waals surface area contributed by atoms with Crippen LogP contribution in [0.3, 0.4) is 0 Å². The smallest absolute Gasteiger partial charge is 0.325 e. The Morgan fingerprint density at radius 1 is 0.848 bits per heavy atom. The van der Waals surface area contributed by atoms with Gasteiger partial charge in [-0.25, -0.2) is 0 Å². The van der Waals surface area contributed by atoms with E-state index in [0.29, 0.717) is 22.7 Å². The summed E-state index contributed by atoms with van der Waals surface area (Å²) in [4.78, 5) is 36.0. The van der Waals surface area contributed by atoms with Crippen LogP contribution in [0, 0.1) is 11.3 Å². The molecule has 3 rings (SSSR count). The van der Waals surface area contributed by atoms with E-state index in [1.165, 1.54) is 0 Å². The molecule has 8 nitrogen and oxygen atoms in total. The monoisotopic (exact) mass is 443 g/mol. The summed E-state index contributed by atoms with van der Waals surface area (Å²) in [6, 6.07) is 24.5. The van der Waals surface area contributed by atoms with Crippen molar-refractivity contribution < 1.29 is 23.9 Å². The van der Waals surface area contributed by atoms with E-state index >= 15 is 0 Å². The van der Waals surface area contributed by atoms with Gasteiger partial charge in [0.1, 0.15) is 18.0 Å². The lowest BCUT2D eigenvalue weighted by molar-refractivity contribution is -0.146. The molecule has 3 aromatic rings. The molecular weight excluding hydrogens is 422 g/mol. The molecule has 0 fully saturated rings. The SMILES string of the molecule is N#CCc1ccc(NC(=O)COC(=O)CNC(=O)c2ccc(Oc3ccccc3)cc2)cc1. The summed E-state index contributed by atoms with van der Waals surface area (Å²) in [6.07, 6.45) is 0.281. The second-order valence-electron chi connectivity index (χ2n) is 6.86. The normalized spacial score (nSPS) is 9.91. The number of carbonyl (C=O) groups is 3. The molecule has 0 radical (unpaired) electrons. The minimum absolute atomic E-state index is 0.281. The Kier molecular flexibility index (Phi) is 8.15.